The Hall–Kier alpha value is -1.30. The normalized spacial score (nSPS) is 29.1. The number of likely N-dealkylation sites (tertiary alicyclic amines) is 1. The minimum Gasteiger partial charge on any atom is -0.481 e. The van der Waals surface area contributed by atoms with Gasteiger partial charge in [-0.3, -0.25) is 9.69 Å². The third kappa shape index (κ3) is 3.87. The molecule has 2 fully saturated rings. The monoisotopic (exact) mass is 297 g/mol. The highest BCUT2D eigenvalue weighted by molar-refractivity contribution is 5.75. The van der Waals surface area contributed by atoms with Crippen molar-refractivity contribution in [3.63, 3.8) is 0 Å². The highest BCUT2D eigenvalue weighted by Crippen LogP contribution is 2.26. The number of carboxylic acid groups (broad SMARTS) is 1. The van der Waals surface area contributed by atoms with Gasteiger partial charge in [0.1, 0.15) is 0 Å². The minimum atomic E-state index is -0.741. The van der Waals surface area contributed by atoms with E-state index in [1.807, 2.05) is 4.90 Å². The number of nitrogens with zero attached hydrogens (tertiary/aromatic N) is 2. The van der Waals surface area contributed by atoms with Crippen LogP contribution in [0.4, 0.5) is 4.79 Å². The van der Waals surface area contributed by atoms with Crippen LogP contribution in [0.2, 0.25) is 0 Å². The van der Waals surface area contributed by atoms with Crippen LogP contribution in [0, 0.1) is 5.92 Å². The van der Waals surface area contributed by atoms with E-state index in [4.69, 9.17) is 5.11 Å². The van der Waals surface area contributed by atoms with E-state index in [1.54, 1.807) is 0 Å². The van der Waals surface area contributed by atoms with Crippen molar-refractivity contribution >= 4 is 12.0 Å². The van der Waals surface area contributed by atoms with Gasteiger partial charge in [0.25, 0.3) is 0 Å². The molecule has 1 heterocycles. The largest absolute Gasteiger partial charge is 0.481 e. The number of likely N-dealkylation sites (N-methyl/N-ethyl adjacent to an activating group) is 1. The molecule has 0 aromatic carbocycles. The van der Waals surface area contributed by atoms with Crippen LogP contribution in [0.5, 0.6) is 0 Å². The number of carbonyl (C=O) groups excluding carboxylic acids is 1. The summed E-state index contributed by atoms with van der Waals surface area (Å²) < 4.78 is 0. The number of aliphatic carboxylic acids is 1. The van der Waals surface area contributed by atoms with Gasteiger partial charge in [0, 0.05) is 25.2 Å². The van der Waals surface area contributed by atoms with Crippen LogP contribution in [0.3, 0.4) is 0 Å². The number of hydrogen-bond acceptors (Lipinski definition) is 3. The summed E-state index contributed by atoms with van der Waals surface area (Å²) in [6.07, 6.45) is 3.03. The van der Waals surface area contributed by atoms with Crippen molar-refractivity contribution in [2.24, 2.45) is 5.92 Å². The van der Waals surface area contributed by atoms with Crippen molar-refractivity contribution < 1.29 is 14.7 Å². The molecule has 2 N–H and O–H groups in total. The standard InChI is InChI=1S/C15H27N3O3/c1-3-17(4-2)13-7-8-18(10-13)15(21)16-12-6-5-11(9-12)14(19)20/h11-13H,3-10H2,1-2H3,(H,16,21)(H,19,20). The van der Waals surface area contributed by atoms with Gasteiger partial charge >= 0.3 is 12.0 Å². The van der Waals surface area contributed by atoms with E-state index in [1.165, 1.54) is 0 Å². The smallest absolute Gasteiger partial charge is 0.317 e. The number of rotatable bonds is 5. The lowest BCUT2D eigenvalue weighted by Gasteiger charge is -2.26. The number of hydrogen-bond donors (Lipinski definition) is 2. The molecule has 2 amide bonds. The molecule has 21 heavy (non-hydrogen) atoms. The number of carboxylic acids is 1. The Morgan fingerprint density at radius 3 is 2.52 bits per heavy atom. The van der Waals surface area contributed by atoms with Gasteiger partial charge in [-0.2, -0.15) is 0 Å². The minimum absolute atomic E-state index is 0.0195. The summed E-state index contributed by atoms with van der Waals surface area (Å²) >= 11 is 0. The lowest BCUT2D eigenvalue weighted by atomic mass is 10.1. The lowest BCUT2D eigenvalue weighted by Crippen LogP contribution is -2.45. The summed E-state index contributed by atoms with van der Waals surface area (Å²) in [5.41, 5.74) is 0. The maximum Gasteiger partial charge on any atom is 0.317 e. The lowest BCUT2D eigenvalue weighted by molar-refractivity contribution is -0.141. The maximum atomic E-state index is 12.3. The molecule has 1 saturated carbocycles. The first-order valence-electron chi connectivity index (χ1n) is 8.07. The molecule has 1 aliphatic carbocycles. The summed E-state index contributed by atoms with van der Waals surface area (Å²) in [5.74, 6) is -1.04. The van der Waals surface area contributed by atoms with Gasteiger partial charge < -0.3 is 15.3 Å². The number of urea groups is 1. The summed E-state index contributed by atoms with van der Waals surface area (Å²) in [4.78, 5) is 27.5. The molecule has 120 valence electrons. The van der Waals surface area contributed by atoms with Crippen molar-refractivity contribution in [3.05, 3.63) is 0 Å². The van der Waals surface area contributed by atoms with E-state index in [-0.39, 0.29) is 18.0 Å². The van der Waals surface area contributed by atoms with Crippen LogP contribution in [0.25, 0.3) is 0 Å². The van der Waals surface area contributed by atoms with E-state index in [2.05, 4.69) is 24.1 Å². The van der Waals surface area contributed by atoms with Crippen molar-refractivity contribution in [1.82, 2.24) is 15.1 Å². The van der Waals surface area contributed by atoms with Gasteiger partial charge in [-0.1, -0.05) is 13.8 Å². The van der Waals surface area contributed by atoms with E-state index in [0.717, 1.165) is 39.0 Å². The quantitative estimate of drug-likeness (QED) is 0.804. The molecule has 0 radical (unpaired) electrons. The van der Waals surface area contributed by atoms with Crippen molar-refractivity contribution in [1.29, 1.82) is 0 Å². The average Bonchev–Trinajstić information content (AvgIpc) is 3.09. The van der Waals surface area contributed by atoms with Gasteiger partial charge in [-0.15, -0.1) is 0 Å². The molecule has 0 bridgehead atoms. The Morgan fingerprint density at radius 2 is 1.95 bits per heavy atom. The van der Waals surface area contributed by atoms with E-state index >= 15 is 0 Å². The SMILES string of the molecule is CCN(CC)C1CCN(C(=O)NC2CCC(C(=O)O)C2)C1. The Labute approximate surface area is 126 Å². The summed E-state index contributed by atoms with van der Waals surface area (Å²) in [5, 5.41) is 12.0. The Morgan fingerprint density at radius 1 is 1.24 bits per heavy atom. The molecule has 2 rings (SSSR count). The van der Waals surface area contributed by atoms with Crippen molar-refractivity contribution in [3.8, 4) is 0 Å². The third-order valence-electron chi connectivity index (χ3n) is 4.89. The van der Waals surface area contributed by atoms with Crippen LogP contribution < -0.4 is 5.32 Å². The highest BCUT2D eigenvalue weighted by Gasteiger charge is 2.33. The highest BCUT2D eigenvalue weighted by atomic mass is 16.4. The zero-order valence-electron chi connectivity index (χ0n) is 13.0. The molecule has 6 heteroatoms. The fourth-order valence-electron chi connectivity index (χ4n) is 3.57. The molecule has 3 atom stereocenters. The number of carbonyl (C=O) groups is 2. The van der Waals surface area contributed by atoms with E-state index < -0.39 is 5.97 Å². The molecule has 1 aliphatic heterocycles. The number of amides is 2. The zero-order chi connectivity index (χ0) is 15.4. The van der Waals surface area contributed by atoms with Crippen LogP contribution in [-0.4, -0.2) is 65.2 Å². The first kappa shape index (κ1) is 16.1. The maximum absolute atomic E-state index is 12.3. The van der Waals surface area contributed by atoms with Gasteiger partial charge in [-0.25, -0.2) is 4.79 Å². The second-order valence-corrected chi connectivity index (χ2v) is 6.10. The molecular weight excluding hydrogens is 270 g/mol. The molecule has 3 unspecified atom stereocenters. The molecule has 6 nitrogen and oxygen atoms in total. The van der Waals surface area contributed by atoms with Crippen LogP contribution in [0.1, 0.15) is 39.5 Å². The average molecular weight is 297 g/mol. The fraction of sp³-hybridized carbons (Fsp3) is 0.867. The summed E-state index contributed by atoms with van der Waals surface area (Å²) in [7, 11) is 0. The third-order valence-corrected chi connectivity index (χ3v) is 4.89. The van der Waals surface area contributed by atoms with Crippen molar-refractivity contribution in [2.75, 3.05) is 26.2 Å². The predicted molar refractivity (Wildman–Crippen MR) is 80.2 cm³/mol. The predicted octanol–water partition coefficient (Wildman–Crippen LogP) is 1.37. The first-order chi connectivity index (χ1) is 10.0. The van der Waals surface area contributed by atoms with Crippen LogP contribution in [0.15, 0.2) is 0 Å². The number of nitrogens with one attached hydrogen (secondary N) is 1. The molecule has 0 aromatic heterocycles. The molecule has 1 saturated heterocycles. The van der Waals surface area contributed by atoms with E-state index in [9.17, 15) is 9.59 Å². The topological polar surface area (TPSA) is 72.9 Å². The van der Waals surface area contributed by atoms with Gasteiger partial charge in [0.15, 0.2) is 0 Å². The van der Waals surface area contributed by atoms with Gasteiger partial charge in [0.2, 0.25) is 0 Å². The second kappa shape index (κ2) is 7.11. The van der Waals surface area contributed by atoms with E-state index in [0.29, 0.717) is 18.9 Å². The molecule has 2 aliphatic rings. The van der Waals surface area contributed by atoms with Crippen LogP contribution >= 0.6 is 0 Å². The molecular formula is C15H27N3O3. The Bertz CT molecular complexity index is 384. The first-order valence-corrected chi connectivity index (χ1v) is 8.07. The summed E-state index contributed by atoms with van der Waals surface area (Å²) in [6.45, 7) is 7.90. The molecule has 0 aromatic rings. The van der Waals surface area contributed by atoms with Gasteiger partial charge in [0.05, 0.1) is 5.92 Å². The molecule has 0 spiro atoms. The van der Waals surface area contributed by atoms with Crippen molar-refractivity contribution in [2.45, 2.75) is 51.6 Å². The fourth-order valence-corrected chi connectivity index (χ4v) is 3.57. The zero-order valence-corrected chi connectivity index (χ0v) is 13.0. The van der Waals surface area contributed by atoms with Crippen LogP contribution in [-0.2, 0) is 4.79 Å². The Balaban J connectivity index is 1.79. The summed E-state index contributed by atoms with van der Waals surface area (Å²) in [6, 6.07) is 0.452. The van der Waals surface area contributed by atoms with Gasteiger partial charge in [-0.05, 0) is 38.8 Å². The Kier molecular flexibility index (Phi) is 5.45. The second-order valence-electron chi connectivity index (χ2n) is 6.10.